The minimum Gasteiger partial charge on any atom is -0.369 e. The smallest absolute Gasteiger partial charge is 0.219 e. The zero-order chi connectivity index (χ0) is 20.3. The van der Waals surface area contributed by atoms with E-state index in [-0.39, 0.29) is 5.91 Å². The van der Waals surface area contributed by atoms with Crippen molar-refractivity contribution in [2.24, 2.45) is 5.73 Å². The molecule has 0 aliphatic carbocycles. The van der Waals surface area contributed by atoms with E-state index in [2.05, 4.69) is 24.4 Å². The molecule has 1 fully saturated rings. The number of carbonyl (C=O) groups excluding carboxylic acids is 1. The number of carbonyl (C=O) groups is 1. The molecule has 2 unspecified atom stereocenters. The van der Waals surface area contributed by atoms with Gasteiger partial charge in [0.15, 0.2) is 0 Å². The Morgan fingerprint density at radius 2 is 1.64 bits per heavy atom. The van der Waals surface area contributed by atoms with Crippen LogP contribution in [0.25, 0.3) is 0 Å². The van der Waals surface area contributed by atoms with E-state index in [1.807, 2.05) is 0 Å². The lowest BCUT2D eigenvalue weighted by atomic mass is 10.1. The fraction of sp³-hybridized carbons (Fsp3) is 0.875. The van der Waals surface area contributed by atoms with Gasteiger partial charge in [0, 0.05) is 13.0 Å². The molecule has 0 aromatic rings. The fourth-order valence-electron chi connectivity index (χ4n) is 3.60. The molecule has 4 nitrogen and oxygen atoms in total. The number of nitrogens with one attached hydrogen (secondary N) is 1. The van der Waals surface area contributed by atoms with Gasteiger partial charge in [0.2, 0.25) is 5.91 Å². The van der Waals surface area contributed by atoms with Crippen LogP contribution in [0.1, 0.15) is 110 Å². The zero-order valence-corrected chi connectivity index (χ0v) is 18.4. The second kappa shape index (κ2) is 18.2. The summed E-state index contributed by atoms with van der Waals surface area (Å²) in [7, 11) is 0. The van der Waals surface area contributed by atoms with Gasteiger partial charge in [-0.25, -0.2) is 0 Å². The van der Waals surface area contributed by atoms with Crippen molar-refractivity contribution >= 4 is 5.91 Å². The number of hydrogen-bond donors (Lipinski definition) is 2. The first kappa shape index (κ1) is 25.2. The maximum Gasteiger partial charge on any atom is 0.219 e. The van der Waals surface area contributed by atoms with Crippen molar-refractivity contribution < 1.29 is 9.53 Å². The Hall–Kier alpha value is -0.870. The average Bonchev–Trinajstić information content (AvgIpc) is 3.44. The van der Waals surface area contributed by atoms with Crippen molar-refractivity contribution in [1.82, 2.24) is 5.32 Å². The molecule has 1 amide bonds. The monoisotopic (exact) mass is 394 g/mol. The molecule has 0 aromatic carbocycles. The van der Waals surface area contributed by atoms with Crippen LogP contribution in [0.3, 0.4) is 0 Å². The summed E-state index contributed by atoms with van der Waals surface area (Å²) in [5.41, 5.74) is 5.47. The molecule has 0 bridgehead atoms. The van der Waals surface area contributed by atoms with Crippen molar-refractivity contribution in [3.63, 3.8) is 0 Å². The molecule has 28 heavy (non-hydrogen) atoms. The van der Waals surface area contributed by atoms with Crippen LogP contribution in [0.4, 0.5) is 0 Å². The Labute approximate surface area is 174 Å². The highest BCUT2D eigenvalue weighted by molar-refractivity contribution is 5.75. The van der Waals surface area contributed by atoms with E-state index in [1.165, 1.54) is 70.6 Å². The summed E-state index contributed by atoms with van der Waals surface area (Å²) in [5, 5.41) is 3.03. The minimum atomic E-state index is 0.219. The number of unbranched alkanes of at least 4 members (excludes halogenated alkanes) is 10. The Bertz CT molecular complexity index is 398. The van der Waals surface area contributed by atoms with Gasteiger partial charge in [-0.3, -0.25) is 4.79 Å². The molecular formula is C24H46N2O2. The standard InChI is InChI=1S/C24H46N2O2/c1-2-3-12-17-22-23(28-22)18-13-8-6-4-5-7-9-14-19-24(27)26-21-16-11-10-15-20-25/h8,13,22-23H,2-7,9-12,14-21,25H2,1H3,(H,26,27). The van der Waals surface area contributed by atoms with Crippen molar-refractivity contribution in [3.05, 3.63) is 12.2 Å². The van der Waals surface area contributed by atoms with Crippen LogP contribution in [-0.2, 0) is 9.53 Å². The summed E-state index contributed by atoms with van der Waals surface area (Å²) in [5.74, 6) is 0.219. The molecule has 1 saturated heterocycles. The van der Waals surface area contributed by atoms with Crippen LogP contribution in [0.5, 0.6) is 0 Å². The highest BCUT2D eigenvalue weighted by Crippen LogP contribution is 2.30. The van der Waals surface area contributed by atoms with E-state index in [1.54, 1.807) is 0 Å². The summed E-state index contributed by atoms with van der Waals surface area (Å²) in [4.78, 5) is 11.7. The molecule has 4 heteroatoms. The number of epoxide rings is 1. The summed E-state index contributed by atoms with van der Waals surface area (Å²) in [6.07, 6.45) is 24.3. The molecule has 0 saturated carbocycles. The lowest BCUT2D eigenvalue weighted by molar-refractivity contribution is -0.121. The summed E-state index contributed by atoms with van der Waals surface area (Å²) >= 11 is 0. The third-order valence-electron chi connectivity index (χ3n) is 5.54. The van der Waals surface area contributed by atoms with E-state index >= 15 is 0 Å². The van der Waals surface area contributed by atoms with Gasteiger partial charge in [-0.1, -0.05) is 70.4 Å². The predicted molar refractivity (Wildman–Crippen MR) is 119 cm³/mol. The van der Waals surface area contributed by atoms with E-state index in [9.17, 15) is 4.79 Å². The SMILES string of the molecule is CCCCCC1OC1CC=CCCCCCCCC(=O)NCCCCCCN. The van der Waals surface area contributed by atoms with Crippen LogP contribution in [0, 0.1) is 0 Å². The van der Waals surface area contributed by atoms with E-state index in [4.69, 9.17) is 10.5 Å². The van der Waals surface area contributed by atoms with Crippen molar-refractivity contribution in [2.45, 2.75) is 122 Å². The fourth-order valence-corrected chi connectivity index (χ4v) is 3.60. The summed E-state index contributed by atoms with van der Waals surface area (Å²) < 4.78 is 5.71. The van der Waals surface area contributed by atoms with Crippen LogP contribution in [-0.4, -0.2) is 31.2 Å². The van der Waals surface area contributed by atoms with Crippen LogP contribution >= 0.6 is 0 Å². The predicted octanol–water partition coefficient (Wildman–Crippen LogP) is 5.65. The molecule has 3 N–H and O–H groups in total. The zero-order valence-electron chi connectivity index (χ0n) is 18.4. The third kappa shape index (κ3) is 15.1. The molecule has 1 heterocycles. The number of amides is 1. The van der Waals surface area contributed by atoms with Crippen LogP contribution in [0.2, 0.25) is 0 Å². The van der Waals surface area contributed by atoms with E-state index in [0.29, 0.717) is 18.6 Å². The van der Waals surface area contributed by atoms with E-state index in [0.717, 1.165) is 38.8 Å². The van der Waals surface area contributed by atoms with Gasteiger partial charge in [0.25, 0.3) is 0 Å². The summed E-state index contributed by atoms with van der Waals surface area (Å²) in [6.45, 7) is 3.85. The first-order valence-corrected chi connectivity index (χ1v) is 12.0. The quantitative estimate of drug-likeness (QED) is 0.159. The second-order valence-electron chi connectivity index (χ2n) is 8.28. The lowest BCUT2D eigenvalue weighted by Crippen LogP contribution is -2.23. The van der Waals surface area contributed by atoms with Gasteiger partial charge in [-0.05, 0) is 51.5 Å². The van der Waals surface area contributed by atoms with Gasteiger partial charge < -0.3 is 15.8 Å². The molecule has 0 radical (unpaired) electrons. The number of nitrogens with two attached hydrogens (primary N) is 1. The Morgan fingerprint density at radius 1 is 0.893 bits per heavy atom. The number of hydrogen-bond acceptors (Lipinski definition) is 3. The lowest BCUT2D eigenvalue weighted by Gasteiger charge is -2.05. The molecule has 2 atom stereocenters. The molecule has 1 aliphatic rings. The largest absolute Gasteiger partial charge is 0.369 e. The highest BCUT2D eigenvalue weighted by Gasteiger charge is 2.36. The number of allylic oxidation sites excluding steroid dienone is 1. The molecule has 0 aromatic heterocycles. The Kier molecular flexibility index (Phi) is 16.3. The highest BCUT2D eigenvalue weighted by atomic mass is 16.6. The minimum absolute atomic E-state index is 0.219. The van der Waals surface area contributed by atoms with Gasteiger partial charge in [0.1, 0.15) is 0 Å². The van der Waals surface area contributed by atoms with Crippen LogP contribution < -0.4 is 11.1 Å². The van der Waals surface area contributed by atoms with E-state index < -0.39 is 0 Å². The van der Waals surface area contributed by atoms with Crippen molar-refractivity contribution in [1.29, 1.82) is 0 Å². The average molecular weight is 395 g/mol. The molecule has 164 valence electrons. The number of ether oxygens (including phenoxy) is 1. The topological polar surface area (TPSA) is 67.7 Å². The van der Waals surface area contributed by atoms with Crippen molar-refractivity contribution in [3.8, 4) is 0 Å². The number of rotatable bonds is 20. The van der Waals surface area contributed by atoms with Gasteiger partial charge >= 0.3 is 0 Å². The normalized spacial score (nSPS) is 18.6. The molecule has 1 aliphatic heterocycles. The first-order valence-electron chi connectivity index (χ1n) is 12.0. The second-order valence-corrected chi connectivity index (χ2v) is 8.28. The summed E-state index contributed by atoms with van der Waals surface area (Å²) in [6, 6.07) is 0. The maximum atomic E-state index is 11.7. The third-order valence-corrected chi connectivity index (χ3v) is 5.54. The first-order chi connectivity index (χ1) is 13.8. The Morgan fingerprint density at radius 3 is 2.46 bits per heavy atom. The molecule has 1 rings (SSSR count). The van der Waals surface area contributed by atoms with Gasteiger partial charge in [0.05, 0.1) is 12.2 Å². The van der Waals surface area contributed by atoms with Crippen molar-refractivity contribution in [2.75, 3.05) is 13.1 Å². The van der Waals surface area contributed by atoms with Gasteiger partial charge in [-0.2, -0.15) is 0 Å². The molecular weight excluding hydrogens is 348 g/mol. The van der Waals surface area contributed by atoms with Crippen LogP contribution in [0.15, 0.2) is 12.2 Å². The maximum absolute atomic E-state index is 11.7. The Balaban J connectivity index is 1.77. The van der Waals surface area contributed by atoms with Gasteiger partial charge in [-0.15, -0.1) is 0 Å². The molecule has 0 spiro atoms.